The lowest BCUT2D eigenvalue weighted by Gasteiger charge is -2.45. The van der Waals surface area contributed by atoms with Crippen LogP contribution >= 0.6 is 0 Å². The summed E-state index contributed by atoms with van der Waals surface area (Å²) in [4.78, 5) is 10.8. The maximum atomic E-state index is 10.8. The van der Waals surface area contributed by atoms with Crippen molar-refractivity contribution >= 4 is 5.97 Å². The third-order valence-corrected chi connectivity index (χ3v) is 7.44. The minimum atomic E-state index is -0.901. The molecule has 2 heteroatoms. The van der Waals surface area contributed by atoms with Crippen LogP contribution in [0.3, 0.4) is 0 Å². The second kappa shape index (κ2) is 9.15. The lowest BCUT2D eigenvalue weighted by atomic mass is 9.59. The molecule has 4 unspecified atom stereocenters. The van der Waals surface area contributed by atoms with Gasteiger partial charge < -0.3 is 5.11 Å². The Morgan fingerprint density at radius 3 is 2.03 bits per heavy atom. The highest BCUT2D eigenvalue weighted by Crippen LogP contribution is 2.53. The molecule has 4 atom stereocenters. The number of fused-ring (bicyclic) bond motifs is 1. The second-order valence-corrected chi connectivity index (χ2v) is 9.01. The molecule has 0 fully saturated rings. The van der Waals surface area contributed by atoms with Crippen LogP contribution < -0.4 is 0 Å². The molecule has 1 aromatic carbocycles. The molecule has 0 aromatic heterocycles. The van der Waals surface area contributed by atoms with E-state index in [-0.39, 0.29) is 0 Å². The first-order valence-electron chi connectivity index (χ1n) is 10.9. The van der Waals surface area contributed by atoms with Gasteiger partial charge in [-0.25, -0.2) is 4.79 Å². The molecule has 1 aromatic rings. The first-order valence-corrected chi connectivity index (χ1v) is 10.9. The molecule has 0 bridgehead atoms. The molecule has 29 heavy (non-hydrogen) atoms. The SMILES string of the molecule is CCC1c2c(C)c(C)c(C)c(C)c2C(C)C(C)C1\C(C)=C/C=C/C(C)=C/C(=O)O. The lowest BCUT2D eigenvalue weighted by Crippen LogP contribution is -2.33. The molecular formula is C27H38O2. The fourth-order valence-corrected chi connectivity index (χ4v) is 5.45. The topological polar surface area (TPSA) is 37.3 Å². The summed E-state index contributed by atoms with van der Waals surface area (Å²) in [6.45, 7) is 20.3. The van der Waals surface area contributed by atoms with Crippen LogP contribution in [0.2, 0.25) is 0 Å². The molecule has 0 amide bonds. The Balaban J connectivity index is 2.55. The maximum Gasteiger partial charge on any atom is 0.328 e. The van der Waals surface area contributed by atoms with Gasteiger partial charge in [0.2, 0.25) is 0 Å². The first kappa shape index (κ1) is 23.2. The molecule has 0 saturated carbocycles. The largest absolute Gasteiger partial charge is 0.478 e. The number of allylic oxidation sites excluding steroid dienone is 5. The van der Waals surface area contributed by atoms with Gasteiger partial charge in [0.05, 0.1) is 0 Å². The van der Waals surface area contributed by atoms with Crippen molar-refractivity contribution in [3.05, 3.63) is 68.8 Å². The van der Waals surface area contributed by atoms with Crippen molar-refractivity contribution in [1.82, 2.24) is 0 Å². The number of carbonyl (C=O) groups is 1. The van der Waals surface area contributed by atoms with E-state index in [9.17, 15) is 4.79 Å². The highest BCUT2D eigenvalue weighted by Gasteiger charge is 2.40. The summed E-state index contributed by atoms with van der Waals surface area (Å²) in [5.41, 5.74) is 11.2. The first-order chi connectivity index (χ1) is 13.5. The number of carboxylic acid groups (broad SMARTS) is 1. The average molecular weight is 395 g/mol. The van der Waals surface area contributed by atoms with Gasteiger partial charge in [0.25, 0.3) is 0 Å². The van der Waals surface area contributed by atoms with Crippen LogP contribution in [0.15, 0.2) is 35.5 Å². The van der Waals surface area contributed by atoms with Gasteiger partial charge in [0.1, 0.15) is 0 Å². The van der Waals surface area contributed by atoms with Crippen molar-refractivity contribution in [3.8, 4) is 0 Å². The van der Waals surface area contributed by atoms with Gasteiger partial charge in [0.15, 0.2) is 0 Å². The quantitative estimate of drug-likeness (QED) is 0.420. The fourth-order valence-electron chi connectivity index (χ4n) is 5.45. The summed E-state index contributed by atoms with van der Waals surface area (Å²) in [5, 5.41) is 8.88. The molecule has 1 aliphatic rings. The molecule has 0 radical (unpaired) electrons. The Morgan fingerprint density at radius 2 is 1.52 bits per heavy atom. The van der Waals surface area contributed by atoms with Crippen LogP contribution in [0.4, 0.5) is 0 Å². The summed E-state index contributed by atoms with van der Waals surface area (Å²) in [6, 6.07) is 0. The van der Waals surface area contributed by atoms with Crippen molar-refractivity contribution in [2.45, 2.75) is 80.6 Å². The predicted molar refractivity (Wildman–Crippen MR) is 124 cm³/mol. The molecular weight excluding hydrogens is 356 g/mol. The van der Waals surface area contributed by atoms with E-state index in [1.54, 1.807) is 11.1 Å². The molecule has 0 aliphatic heterocycles. The Morgan fingerprint density at radius 1 is 0.966 bits per heavy atom. The zero-order valence-corrected chi connectivity index (χ0v) is 19.7. The smallest absolute Gasteiger partial charge is 0.328 e. The molecule has 158 valence electrons. The standard InChI is InChI=1S/C27H38O2/c1-10-23-25(16(3)13-11-12-15(2)14-24(28)29)21(8)22(9)26-19(6)17(4)18(5)20(7)27(23)26/h11-14,21-23,25H,10H2,1-9H3,(H,28,29)/b12-11+,15-14+,16-13-. The van der Waals surface area contributed by atoms with Crippen LogP contribution in [0, 0.1) is 39.5 Å². The highest BCUT2D eigenvalue weighted by molar-refractivity contribution is 5.81. The number of rotatable bonds is 5. The third-order valence-electron chi connectivity index (χ3n) is 7.44. The van der Waals surface area contributed by atoms with Gasteiger partial charge in [-0.1, -0.05) is 44.6 Å². The molecule has 0 heterocycles. The summed E-state index contributed by atoms with van der Waals surface area (Å²) < 4.78 is 0. The van der Waals surface area contributed by atoms with E-state index in [0.717, 1.165) is 12.0 Å². The fraction of sp³-hybridized carbons (Fsp3) is 0.519. The van der Waals surface area contributed by atoms with E-state index in [2.05, 4.69) is 61.5 Å². The number of aliphatic carboxylic acids is 1. The number of benzene rings is 1. The second-order valence-electron chi connectivity index (χ2n) is 9.01. The van der Waals surface area contributed by atoms with Gasteiger partial charge in [0, 0.05) is 6.08 Å². The Hall–Kier alpha value is -2.09. The molecule has 1 aliphatic carbocycles. The molecule has 2 nitrogen and oxygen atoms in total. The minimum Gasteiger partial charge on any atom is -0.478 e. The summed E-state index contributed by atoms with van der Waals surface area (Å²) in [5.74, 6) is 1.21. The number of hydrogen-bond acceptors (Lipinski definition) is 1. The highest BCUT2D eigenvalue weighted by atomic mass is 16.4. The van der Waals surface area contributed by atoms with Crippen LogP contribution in [0.25, 0.3) is 0 Å². The zero-order chi connectivity index (χ0) is 22.0. The Kier molecular flexibility index (Phi) is 7.32. The lowest BCUT2D eigenvalue weighted by molar-refractivity contribution is -0.131. The van der Waals surface area contributed by atoms with Gasteiger partial charge >= 0.3 is 5.97 Å². The van der Waals surface area contributed by atoms with Crippen molar-refractivity contribution < 1.29 is 9.90 Å². The van der Waals surface area contributed by atoms with Crippen LogP contribution in [0.5, 0.6) is 0 Å². The summed E-state index contributed by atoms with van der Waals surface area (Å²) in [6.07, 6.45) is 8.44. The molecule has 0 spiro atoms. The van der Waals surface area contributed by atoms with Gasteiger partial charge in [-0.15, -0.1) is 0 Å². The molecule has 1 N–H and O–H groups in total. The van der Waals surface area contributed by atoms with Gasteiger partial charge in [-0.3, -0.25) is 0 Å². The van der Waals surface area contributed by atoms with E-state index in [1.165, 1.54) is 33.9 Å². The van der Waals surface area contributed by atoms with E-state index >= 15 is 0 Å². The van der Waals surface area contributed by atoms with Crippen LogP contribution in [-0.2, 0) is 4.79 Å². The maximum absolute atomic E-state index is 10.8. The van der Waals surface area contributed by atoms with Crippen molar-refractivity contribution in [2.24, 2.45) is 11.8 Å². The number of hydrogen-bond donors (Lipinski definition) is 1. The Bertz CT molecular complexity index is 883. The Labute approximate surface area is 177 Å². The van der Waals surface area contributed by atoms with E-state index in [4.69, 9.17) is 5.11 Å². The predicted octanol–water partition coefficient (Wildman–Crippen LogP) is 7.32. The minimum absolute atomic E-state index is 0.496. The van der Waals surface area contributed by atoms with E-state index in [0.29, 0.717) is 23.7 Å². The molecule has 2 rings (SSSR count). The van der Waals surface area contributed by atoms with Crippen molar-refractivity contribution in [2.75, 3.05) is 0 Å². The van der Waals surface area contributed by atoms with Gasteiger partial charge in [-0.05, 0) is 111 Å². The van der Waals surface area contributed by atoms with E-state index in [1.807, 2.05) is 19.1 Å². The van der Waals surface area contributed by atoms with Crippen molar-refractivity contribution in [3.63, 3.8) is 0 Å². The normalized spacial score (nSPS) is 25.4. The summed E-state index contributed by atoms with van der Waals surface area (Å²) in [7, 11) is 0. The van der Waals surface area contributed by atoms with Crippen LogP contribution in [0.1, 0.15) is 86.3 Å². The average Bonchev–Trinajstić information content (AvgIpc) is 2.65. The molecule has 0 saturated heterocycles. The van der Waals surface area contributed by atoms with Crippen molar-refractivity contribution in [1.29, 1.82) is 0 Å². The third kappa shape index (κ3) is 4.42. The number of carboxylic acids is 1. The zero-order valence-electron chi connectivity index (χ0n) is 19.7. The van der Waals surface area contributed by atoms with E-state index < -0.39 is 5.97 Å². The van der Waals surface area contributed by atoms with Gasteiger partial charge in [-0.2, -0.15) is 0 Å². The monoisotopic (exact) mass is 394 g/mol. The van der Waals surface area contributed by atoms with Crippen LogP contribution in [-0.4, -0.2) is 11.1 Å². The summed E-state index contributed by atoms with van der Waals surface area (Å²) >= 11 is 0.